The number of halogens is 1. The summed E-state index contributed by atoms with van der Waals surface area (Å²) in [6.45, 7) is 0. The second-order valence-corrected chi connectivity index (χ2v) is 7.27. The Labute approximate surface area is 202 Å². The number of nitrogens with zero attached hydrogens (tertiary/aromatic N) is 1. The quantitative estimate of drug-likeness (QED) is 0.338. The van der Waals surface area contributed by atoms with Crippen LogP contribution in [0.4, 0.5) is 4.39 Å². The van der Waals surface area contributed by atoms with Gasteiger partial charge < -0.3 is 24.3 Å². The van der Waals surface area contributed by atoms with Gasteiger partial charge in [0.05, 0.1) is 40.0 Å². The van der Waals surface area contributed by atoms with Gasteiger partial charge in [0.2, 0.25) is 5.91 Å². The van der Waals surface area contributed by atoms with Crippen molar-refractivity contribution in [1.29, 1.82) is 0 Å². The third-order valence-corrected chi connectivity index (χ3v) is 4.97. The van der Waals surface area contributed by atoms with Crippen molar-refractivity contribution in [2.75, 3.05) is 21.3 Å². The van der Waals surface area contributed by atoms with Crippen LogP contribution in [-0.2, 0) is 14.3 Å². The van der Waals surface area contributed by atoms with Gasteiger partial charge in [-0.3, -0.25) is 14.6 Å². The van der Waals surface area contributed by atoms with E-state index in [1.165, 1.54) is 51.8 Å². The minimum atomic E-state index is -0.689. The molecule has 0 saturated heterocycles. The number of esters is 1. The summed E-state index contributed by atoms with van der Waals surface area (Å²) in [5, 5.41) is 2.77. The van der Waals surface area contributed by atoms with Crippen LogP contribution in [0.3, 0.4) is 0 Å². The predicted octanol–water partition coefficient (Wildman–Crippen LogP) is 4.46. The van der Waals surface area contributed by atoms with Crippen LogP contribution < -0.4 is 19.5 Å². The van der Waals surface area contributed by atoms with Gasteiger partial charge in [-0.05, 0) is 53.6 Å². The van der Waals surface area contributed by atoms with E-state index in [1.807, 2.05) is 0 Å². The van der Waals surface area contributed by atoms with Crippen LogP contribution in [0.5, 0.6) is 23.0 Å². The Morgan fingerprint density at radius 1 is 1.03 bits per heavy atom. The van der Waals surface area contributed by atoms with Crippen LogP contribution in [-0.4, -0.2) is 38.2 Å². The molecule has 3 aromatic rings. The fourth-order valence-electron chi connectivity index (χ4n) is 3.20. The molecule has 182 valence electrons. The van der Waals surface area contributed by atoms with Crippen molar-refractivity contribution in [2.45, 2.75) is 12.5 Å². The van der Waals surface area contributed by atoms with E-state index in [-0.39, 0.29) is 12.2 Å². The molecular weight excluding hydrogens is 455 g/mol. The van der Waals surface area contributed by atoms with Gasteiger partial charge in [-0.2, -0.15) is 0 Å². The number of rotatable bonds is 10. The smallest absolute Gasteiger partial charge is 0.307 e. The highest BCUT2D eigenvalue weighted by atomic mass is 19.1. The minimum Gasteiger partial charge on any atom is -0.493 e. The summed E-state index contributed by atoms with van der Waals surface area (Å²) < 4.78 is 35.2. The maximum atomic E-state index is 14.5. The average molecular weight is 480 g/mol. The minimum absolute atomic E-state index is 0.0335. The number of carbonyl (C=O) groups excluding carboxylic acids is 2. The van der Waals surface area contributed by atoms with Gasteiger partial charge in [0.1, 0.15) is 5.75 Å². The lowest BCUT2D eigenvalue weighted by Crippen LogP contribution is -2.29. The zero-order chi connectivity index (χ0) is 25.2. The lowest BCUT2D eigenvalue weighted by Gasteiger charge is -2.19. The molecule has 1 N–H and O–H groups in total. The van der Waals surface area contributed by atoms with Crippen molar-refractivity contribution in [1.82, 2.24) is 10.3 Å². The third kappa shape index (κ3) is 7.04. The molecule has 1 aromatic heterocycles. The first kappa shape index (κ1) is 25.2. The highest BCUT2D eigenvalue weighted by Crippen LogP contribution is 2.31. The van der Waals surface area contributed by atoms with Gasteiger partial charge in [0.25, 0.3) is 0 Å². The Balaban J connectivity index is 1.72. The summed E-state index contributed by atoms with van der Waals surface area (Å²) in [7, 11) is 4.27. The summed E-state index contributed by atoms with van der Waals surface area (Å²) in [6.07, 6.45) is 5.67. The second kappa shape index (κ2) is 12.2. The third-order valence-electron chi connectivity index (χ3n) is 4.97. The molecule has 0 aliphatic carbocycles. The van der Waals surface area contributed by atoms with Gasteiger partial charge in [-0.25, -0.2) is 4.39 Å². The first-order chi connectivity index (χ1) is 16.9. The molecule has 1 heterocycles. The highest BCUT2D eigenvalue weighted by molar-refractivity contribution is 5.92. The van der Waals surface area contributed by atoms with Crippen LogP contribution >= 0.6 is 0 Å². The molecule has 0 radical (unpaired) electrons. The van der Waals surface area contributed by atoms with E-state index in [2.05, 4.69) is 10.3 Å². The largest absolute Gasteiger partial charge is 0.493 e. The molecule has 8 nitrogen and oxygen atoms in total. The predicted molar refractivity (Wildman–Crippen MR) is 127 cm³/mol. The molecule has 2 aromatic carbocycles. The second-order valence-electron chi connectivity index (χ2n) is 7.27. The Morgan fingerprint density at radius 3 is 2.46 bits per heavy atom. The summed E-state index contributed by atoms with van der Waals surface area (Å²) in [4.78, 5) is 28.5. The molecule has 35 heavy (non-hydrogen) atoms. The van der Waals surface area contributed by atoms with Crippen LogP contribution in [0.15, 0.2) is 67.0 Å². The lowest BCUT2D eigenvalue weighted by molar-refractivity contribution is -0.141. The van der Waals surface area contributed by atoms with Gasteiger partial charge >= 0.3 is 5.97 Å². The number of carbonyl (C=O) groups is 2. The maximum Gasteiger partial charge on any atom is 0.307 e. The van der Waals surface area contributed by atoms with Crippen molar-refractivity contribution in [3.8, 4) is 23.0 Å². The van der Waals surface area contributed by atoms with Crippen molar-refractivity contribution < 1.29 is 32.9 Å². The van der Waals surface area contributed by atoms with E-state index in [0.717, 1.165) is 0 Å². The number of methoxy groups -OCH3 is 3. The fraction of sp³-hybridized carbons (Fsp3) is 0.192. The first-order valence-corrected chi connectivity index (χ1v) is 10.6. The molecule has 0 spiro atoms. The monoisotopic (exact) mass is 480 g/mol. The van der Waals surface area contributed by atoms with Crippen LogP contribution in [0, 0.1) is 5.82 Å². The Morgan fingerprint density at radius 2 is 1.80 bits per heavy atom. The number of pyridine rings is 1. The van der Waals surface area contributed by atoms with Crippen molar-refractivity contribution in [3.63, 3.8) is 0 Å². The summed E-state index contributed by atoms with van der Waals surface area (Å²) >= 11 is 0. The van der Waals surface area contributed by atoms with Crippen molar-refractivity contribution in [3.05, 3.63) is 83.9 Å². The van der Waals surface area contributed by atoms with E-state index in [1.54, 1.807) is 42.6 Å². The van der Waals surface area contributed by atoms with Crippen molar-refractivity contribution in [2.24, 2.45) is 0 Å². The van der Waals surface area contributed by atoms with Crippen LogP contribution in [0.25, 0.3) is 6.08 Å². The number of benzene rings is 2. The number of nitrogens with one attached hydrogen (secondary N) is 1. The maximum absolute atomic E-state index is 14.5. The highest BCUT2D eigenvalue weighted by Gasteiger charge is 2.20. The average Bonchev–Trinajstić information content (AvgIpc) is 2.88. The molecule has 0 bridgehead atoms. The van der Waals surface area contributed by atoms with E-state index in [9.17, 15) is 14.0 Å². The van der Waals surface area contributed by atoms with Crippen LogP contribution in [0.1, 0.15) is 23.6 Å². The Kier molecular flexibility index (Phi) is 8.77. The van der Waals surface area contributed by atoms with E-state index >= 15 is 0 Å². The summed E-state index contributed by atoms with van der Waals surface area (Å²) in [5.41, 5.74) is 1.07. The zero-order valence-electron chi connectivity index (χ0n) is 19.5. The molecule has 1 atom stereocenters. The summed E-state index contributed by atoms with van der Waals surface area (Å²) in [6, 6.07) is 12.0. The van der Waals surface area contributed by atoms with Gasteiger partial charge in [-0.15, -0.1) is 0 Å². The van der Waals surface area contributed by atoms with Crippen molar-refractivity contribution >= 4 is 18.0 Å². The van der Waals surface area contributed by atoms with Gasteiger partial charge in [-0.1, -0.05) is 12.1 Å². The van der Waals surface area contributed by atoms with E-state index in [4.69, 9.17) is 18.9 Å². The number of hydrogen-bond acceptors (Lipinski definition) is 7. The molecule has 9 heteroatoms. The zero-order valence-corrected chi connectivity index (χ0v) is 19.5. The molecule has 1 amide bonds. The van der Waals surface area contributed by atoms with Crippen LogP contribution in [0.2, 0.25) is 0 Å². The molecule has 0 aliphatic rings. The normalized spacial score (nSPS) is 11.5. The molecular formula is C26H25FN2O6. The van der Waals surface area contributed by atoms with Gasteiger partial charge in [0, 0.05) is 12.3 Å². The number of aromatic nitrogens is 1. The number of ether oxygens (including phenoxy) is 4. The standard InChI is InChI=1S/C26H25FN2O6/c1-32-23-10-8-18(14-24(23)33-2)21(15-26(31)34-3)29-25(30)11-7-17-6-9-22(20(27)13-17)35-19-5-4-12-28-16-19/h4-14,16,21H,15H2,1-3H3,(H,29,30)/b11-7+. The molecule has 0 fully saturated rings. The SMILES string of the molecule is COC(=O)CC(NC(=O)/C=C/c1ccc(Oc2cccnc2)c(F)c1)c1ccc(OC)c(OC)c1. The lowest BCUT2D eigenvalue weighted by atomic mass is 10.0. The molecule has 3 rings (SSSR count). The first-order valence-electron chi connectivity index (χ1n) is 10.6. The Hall–Kier alpha value is -4.40. The number of hydrogen-bond donors (Lipinski definition) is 1. The number of amides is 1. The molecule has 1 unspecified atom stereocenters. The summed E-state index contributed by atoms with van der Waals surface area (Å²) in [5.74, 6) is -0.173. The fourth-order valence-corrected chi connectivity index (χ4v) is 3.20. The topological polar surface area (TPSA) is 96.0 Å². The molecule has 0 aliphatic heterocycles. The van der Waals surface area contributed by atoms with E-state index < -0.39 is 23.7 Å². The molecule has 0 saturated carbocycles. The van der Waals surface area contributed by atoms with E-state index in [0.29, 0.717) is 28.4 Å². The Bertz CT molecular complexity index is 1200. The van der Waals surface area contributed by atoms with Gasteiger partial charge in [0.15, 0.2) is 23.1 Å².